The van der Waals surface area contributed by atoms with Gasteiger partial charge in [-0.15, -0.1) is 0 Å². The van der Waals surface area contributed by atoms with Gasteiger partial charge in [0.2, 0.25) is 5.89 Å². The Balaban J connectivity index is 1.54. The minimum Gasteiger partial charge on any atom is -0.447 e. The summed E-state index contributed by atoms with van der Waals surface area (Å²) in [6, 6.07) is 4.57. The third-order valence-corrected chi connectivity index (χ3v) is 4.60. The van der Waals surface area contributed by atoms with Crippen LogP contribution in [0.3, 0.4) is 0 Å². The minimum absolute atomic E-state index is 0.144. The van der Waals surface area contributed by atoms with Crippen molar-refractivity contribution in [2.45, 2.75) is 27.3 Å². The number of halogens is 1. The van der Waals surface area contributed by atoms with Crippen LogP contribution in [-0.4, -0.2) is 53.4 Å². The molecule has 1 N–H and O–H groups in total. The highest BCUT2D eigenvalue weighted by molar-refractivity contribution is 6.02. The van der Waals surface area contributed by atoms with Gasteiger partial charge in [-0.05, 0) is 30.5 Å². The Morgan fingerprint density at radius 1 is 1.26 bits per heavy atom. The van der Waals surface area contributed by atoms with Gasteiger partial charge in [0, 0.05) is 32.7 Å². The first kappa shape index (κ1) is 19.5. The number of anilines is 1. The first-order chi connectivity index (χ1) is 12.9. The lowest BCUT2D eigenvalue weighted by molar-refractivity contribution is 0.102. The zero-order valence-corrected chi connectivity index (χ0v) is 16.2. The molecule has 2 heterocycles. The standard InChI is InChI=1S/C20H27FN4O2/c1-14(2)11-24-6-8-25(9-7-24)12-19-22-18(13-27-19)20(26)23-17-10-15(3)4-5-16(17)21/h4-5,10,13-14H,6-9,11-12H2,1-3H3,(H,23,26). The first-order valence-electron chi connectivity index (χ1n) is 9.37. The normalized spacial score (nSPS) is 16.0. The maximum Gasteiger partial charge on any atom is 0.277 e. The molecule has 1 saturated heterocycles. The molecule has 146 valence electrons. The molecule has 1 amide bonds. The third-order valence-electron chi connectivity index (χ3n) is 4.60. The lowest BCUT2D eigenvalue weighted by atomic mass is 10.2. The van der Waals surface area contributed by atoms with Gasteiger partial charge >= 0.3 is 0 Å². The number of piperazine rings is 1. The van der Waals surface area contributed by atoms with Crippen LogP contribution in [0.15, 0.2) is 28.9 Å². The lowest BCUT2D eigenvalue weighted by Gasteiger charge is -2.34. The summed E-state index contributed by atoms with van der Waals surface area (Å²) in [6.45, 7) is 11.9. The van der Waals surface area contributed by atoms with Crippen molar-refractivity contribution in [3.8, 4) is 0 Å². The van der Waals surface area contributed by atoms with E-state index in [1.807, 2.05) is 6.92 Å². The number of carbonyl (C=O) groups is 1. The van der Waals surface area contributed by atoms with E-state index in [0.29, 0.717) is 18.4 Å². The van der Waals surface area contributed by atoms with Crippen LogP contribution in [0.2, 0.25) is 0 Å². The summed E-state index contributed by atoms with van der Waals surface area (Å²) in [5.41, 5.74) is 1.17. The van der Waals surface area contributed by atoms with E-state index >= 15 is 0 Å². The third kappa shape index (κ3) is 5.37. The molecule has 0 atom stereocenters. The fourth-order valence-corrected chi connectivity index (χ4v) is 3.25. The second-order valence-electron chi connectivity index (χ2n) is 7.53. The zero-order chi connectivity index (χ0) is 19.4. The Hall–Kier alpha value is -2.25. The molecule has 0 radical (unpaired) electrons. The Morgan fingerprint density at radius 2 is 1.96 bits per heavy atom. The number of aromatic nitrogens is 1. The van der Waals surface area contributed by atoms with Crippen molar-refractivity contribution >= 4 is 11.6 Å². The van der Waals surface area contributed by atoms with Crippen LogP contribution in [0.5, 0.6) is 0 Å². The van der Waals surface area contributed by atoms with Gasteiger partial charge in [-0.2, -0.15) is 0 Å². The average molecular weight is 374 g/mol. The van der Waals surface area contributed by atoms with E-state index in [4.69, 9.17) is 4.42 Å². The van der Waals surface area contributed by atoms with Crippen molar-refractivity contribution in [1.29, 1.82) is 0 Å². The first-order valence-corrected chi connectivity index (χ1v) is 9.37. The van der Waals surface area contributed by atoms with Gasteiger partial charge in [-0.1, -0.05) is 19.9 Å². The monoisotopic (exact) mass is 374 g/mol. The quantitative estimate of drug-likeness (QED) is 0.842. The van der Waals surface area contributed by atoms with Gasteiger partial charge in [0.15, 0.2) is 5.69 Å². The fourth-order valence-electron chi connectivity index (χ4n) is 3.25. The number of nitrogens with zero attached hydrogens (tertiary/aromatic N) is 3. The van der Waals surface area contributed by atoms with E-state index in [0.717, 1.165) is 38.3 Å². The molecule has 0 saturated carbocycles. The molecule has 1 fully saturated rings. The van der Waals surface area contributed by atoms with Crippen LogP contribution in [-0.2, 0) is 6.54 Å². The van der Waals surface area contributed by atoms with Gasteiger partial charge in [0.1, 0.15) is 12.1 Å². The molecule has 7 heteroatoms. The van der Waals surface area contributed by atoms with Crippen LogP contribution in [0.25, 0.3) is 0 Å². The molecule has 1 aliphatic heterocycles. The van der Waals surface area contributed by atoms with E-state index in [-0.39, 0.29) is 11.4 Å². The fraction of sp³-hybridized carbons (Fsp3) is 0.500. The number of benzene rings is 1. The summed E-state index contributed by atoms with van der Waals surface area (Å²) in [6.07, 6.45) is 1.33. The molecule has 3 rings (SSSR count). The molecule has 27 heavy (non-hydrogen) atoms. The van der Waals surface area contributed by atoms with Crippen molar-refractivity contribution in [3.63, 3.8) is 0 Å². The van der Waals surface area contributed by atoms with Gasteiger partial charge in [0.25, 0.3) is 5.91 Å². The number of aryl methyl sites for hydroxylation is 1. The predicted molar refractivity (Wildman–Crippen MR) is 102 cm³/mol. The number of rotatable bonds is 6. The summed E-state index contributed by atoms with van der Waals surface area (Å²) in [5.74, 6) is 0.220. The number of hydrogen-bond acceptors (Lipinski definition) is 5. The molecule has 1 aromatic heterocycles. The molecule has 6 nitrogen and oxygen atoms in total. The van der Waals surface area contributed by atoms with Crippen molar-refractivity contribution in [2.75, 3.05) is 38.0 Å². The van der Waals surface area contributed by atoms with E-state index in [1.165, 1.54) is 12.3 Å². The highest BCUT2D eigenvalue weighted by Crippen LogP contribution is 2.17. The van der Waals surface area contributed by atoms with Crippen molar-refractivity contribution in [3.05, 3.63) is 47.4 Å². The molecule has 0 bridgehead atoms. The maximum absolute atomic E-state index is 13.8. The van der Waals surface area contributed by atoms with Gasteiger partial charge in [-0.3, -0.25) is 9.69 Å². The van der Waals surface area contributed by atoms with Crippen LogP contribution in [0.4, 0.5) is 10.1 Å². The summed E-state index contributed by atoms with van der Waals surface area (Å²) >= 11 is 0. The Labute approximate surface area is 159 Å². The highest BCUT2D eigenvalue weighted by Gasteiger charge is 2.20. The number of oxazole rings is 1. The van der Waals surface area contributed by atoms with E-state index < -0.39 is 11.7 Å². The van der Waals surface area contributed by atoms with Crippen LogP contribution >= 0.6 is 0 Å². The van der Waals surface area contributed by atoms with Gasteiger partial charge < -0.3 is 14.6 Å². The maximum atomic E-state index is 13.8. The summed E-state index contributed by atoms with van der Waals surface area (Å²) < 4.78 is 19.3. The average Bonchev–Trinajstić information content (AvgIpc) is 3.08. The van der Waals surface area contributed by atoms with Crippen molar-refractivity contribution in [1.82, 2.24) is 14.8 Å². The van der Waals surface area contributed by atoms with Gasteiger partial charge in [0.05, 0.1) is 12.2 Å². The topological polar surface area (TPSA) is 61.6 Å². The Bertz CT molecular complexity index is 782. The lowest BCUT2D eigenvalue weighted by Crippen LogP contribution is -2.46. The largest absolute Gasteiger partial charge is 0.447 e. The van der Waals surface area contributed by atoms with Crippen LogP contribution in [0, 0.1) is 18.7 Å². The molecule has 1 aromatic carbocycles. The molecule has 0 aliphatic carbocycles. The molecular weight excluding hydrogens is 347 g/mol. The summed E-state index contributed by atoms with van der Waals surface area (Å²) in [5, 5.41) is 2.55. The number of amides is 1. The number of hydrogen-bond donors (Lipinski definition) is 1. The van der Waals surface area contributed by atoms with E-state index in [9.17, 15) is 9.18 Å². The molecule has 0 spiro atoms. The zero-order valence-electron chi connectivity index (χ0n) is 16.2. The van der Waals surface area contributed by atoms with E-state index in [2.05, 4.69) is 33.9 Å². The SMILES string of the molecule is Cc1ccc(F)c(NC(=O)c2coc(CN3CCN(CC(C)C)CC3)n2)c1. The van der Waals surface area contributed by atoms with Crippen LogP contribution in [0.1, 0.15) is 35.8 Å². The smallest absolute Gasteiger partial charge is 0.277 e. The Morgan fingerprint density at radius 3 is 2.67 bits per heavy atom. The summed E-state index contributed by atoms with van der Waals surface area (Å²) in [7, 11) is 0. The second kappa shape index (κ2) is 8.63. The van der Waals surface area contributed by atoms with Gasteiger partial charge in [-0.25, -0.2) is 9.37 Å². The van der Waals surface area contributed by atoms with Crippen molar-refractivity contribution in [2.24, 2.45) is 5.92 Å². The highest BCUT2D eigenvalue weighted by atomic mass is 19.1. The number of carbonyl (C=O) groups excluding carboxylic acids is 1. The van der Waals surface area contributed by atoms with Crippen molar-refractivity contribution < 1.29 is 13.6 Å². The second-order valence-corrected chi connectivity index (χ2v) is 7.53. The summed E-state index contributed by atoms with van der Waals surface area (Å²) in [4.78, 5) is 21.3. The Kier molecular flexibility index (Phi) is 6.23. The molecular formula is C20H27FN4O2. The van der Waals surface area contributed by atoms with E-state index in [1.54, 1.807) is 12.1 Å². The molecule has 0 unspecified atom stereocenters. The predicted octanol–water partition coefficient (Wildman–Crippen LogP) is 3.15. The molecule has 2 aromatic rings. The molecule has 1 aliphatic rings. The minimum atomic E-state index is -0.476. The number of nitrogens with one attached hydrogen (secondary N) is 1. The van der Waals surface area contributed by atoms with Crippen LogP contribution < -0.4 is 5.32 Å².